The molecule has 0 atom stereocenters. The minimum Gasteiger partial charge on any atom is -0.486 e. The molecular weight excluding hydrogens is 320 g/mol. The molecule has 3 aromatic rings. The number of pyridine rings is 1. The van der Waals surface area contributed by atoms with Crippen molar-refractivity contribution in [3.8, 4) is 5.75 Å². The molecule has 0 unspecified atom stereocenters. The average molecular weight is 341 g/mol. The number of hydrogen-bond donors (Lipinski definition) is 0. The topological polar surface area (TPSA) is 27.1 Å². The molecule has 1 aliphatic rings. The predicted octanol–water partition coefficient (Wildman–Crippen LogP) is 5.30. The van der Waals surface area contributed by atoms with E-state index in [0.717, 1.165) is 18.2 Å². The molecule has 24 heavy (non-hydrogen) atoms. The average Bonchev–Trinajstić information content (AvgIpc) is 3.38. The number of aromatic nitrogens is 2. The van der Waals surface area contributed by atoms with Crippen LogP contribution in [0.5, 0.6) is 5.75 Å². The first-order chi connectivity index (χ1) is 11.6. The Morgan fingerprint density at radius 1 is 1.21 bits per heavy atom. The second-order valence-corrected chi connectivity index (χ2v) is 7.04. The first-order valence-electron chi connectivity index (χ1n) is 8.45. The second-order valence-electron chi connectivity index (χ2n) is 6.64. The highest BCUT2D eigenvalue weighted by Crippen LogP contribution is 2.35. The quantitative estimate of drug-likeness (QED) is 0.630. The first kappa shape index (κ1) is 15.5. The van der Waals surface area contributed by atoms with Gasteiger partial charge in [-0.15, -0.1) is 0 Å². The van der Waals surface area contributed by atoms with E-state index >= 15 is 0 Å². The number of rotatable bonds is 5. The van der Waals surface area contributed by atoms with Gasteiger partial charge in [-0.05, 0) is 56.4 Å². The Kier molecular flexibility index (Phi) is 3.97. The summed E-state index contributed by atoms with van der Waals surface area (Å²) in [7, 11) is 0. The molecule has 0 aliphatic heterocycles. The van der Waals surface area contributed by atoms with Crippen LogP contribution in [-0.4, -0.2) is 9.55 Å². The third kappa shape index (κ3) is 2.78. The van der Waals surface area contributed by atoms with Gasteiger partial charge in [0, 0.05) is 23.8 Å². The van der Waals surface area contributed by atoms with Crippen molar-refractivity contribution in [1.29, 1.82) is 0 Å². The number of para-hydroxylation sites is 1. The number of fused-ring (bicyclic) bond motifs is 1. The van der Waals surface area contributed by atoms with E-state index in [9.17, 15) is 0 Å². The van der Waals surface area contributed by atoms with E-state index in [1.54, 1.807) is 0 Å². The summed E-state index contributed by atoms with van der Waals surface area (Å²) in [6, 6.07) is 9.68. The molecule has 0 amide bonds. The molecule has 2 aromatic heterocycles. The van der Waals surface area contributed by atoms with E-state index in [2.05, 4.69) is 29.5 Å². The highest BCUT2D eigenvalue weighted by molar-refractivity contribution is 6.32. The fraction of sp³-hybridized carbons (Fsp3) is 0.350. The van der Waals surface area contributed by atoms with Gasteiger partial charge >= 0.3 is 0 Å². The maximum atomic E-state index is 6.20. The van der Waals surface area contributed by atoms with E-state index in [1.807, 2.05) is 30.5 Å². The highest BCUT2D eigenvalue weighted by Gasteiger charge is 2.25. The van der Waals surface area contributed by atoms with Crippen LogP contribution in [0.25, 0.3) is 10.9 Å². The second kappa shape index (κ2) is 6.14. The molecule has 0 saturated heterocycles. The number of ether oxygens (including phenoxy) is 1. The summed E-state index contributed by atoms with van der Waals surface area (Å²) in [5.74, 6) is 1.52. The lowest BCUT2D eigenvalue weighted by Crippen LogP contribution is -2.06. The predicted molar refractivity (Wildman–Crippen MR) is 97.7 cm³/mol. The van der Waals surface area contributed by atoms with Gasteiger partial charge in [0.2, 0.25) is 0 Å². The van der Waals surface area contributed by atoms with Gasteiger partial charge in [0.15, 0.2) is 0 Å². The van der Waals surface area contributed by atoms with Crippen molar-refractivity contribution in [2.75, 3.05) is 0 Å². The standard InChI is InChI=1S/C20H21ClN2O/c1-13-14(2)23(11-15-7-8-15)20-16(13)9-10-22-18(20)12-24-19-6-4-3-5-17(19)21/h3-6,9-10,15H,7-8,11-12H2,1-2H3. The van der Waals surface area contributed by atoms with Crippen LogP contribution in [0.3, 0.4) is 0 Å². The van der Waals surface area contributed by atoms with Gasteiger partial charge in [-0.3, -0.25) is 4.98 Å². The monoisotopic (exact) mass is 340 g/mol. The van der Waals surface area contributed by atoms with Crippen LogP contribution in [0.2, 0.25) is 5.02 Å². The molecule has 2 heterocycles. The van der Waals surface area contributed by atoms with Crippen molar-refractivity contribution in [2.45, 2.75) is 39.8 Å². The van der Waals surface area contributed by atoms with Crippen molar-refractivity contribution in [3.05, 3.63) is 58.5 Å². The van der Waals surface area contributed by atoms with Crippen LogP contribution in [0.4, 0.5) is 0 Å². The van der Waals surface area contributed by atoms with Crippen LogP contribution in [-0.2, 0) is 13.2 Å². The third-order valence-electron chi connectivity index (χ3n) is 4.96. The van der Waals surface area contributed by atoms with Gasteiger partial charge in [0.1, 0.15) is 18.1 Å². The zero-order valence-electron chi connectivity index (χ0n) is 14.1. The summed E-state index contributed by atoms with van der Waals surface area (Å²) in [4.78, 5) is 4.61. The lowest BCUT2D eigenvalue weighted by atomic mass is 10.2. The Hall–Kier alpha value is -2.00. The largest absolute Gasteiger partial charge is 0.486 e. The number of hydrogen-bond acceptors (Lipinski definition) is 2. The van der Waals surface area contributed by atoms with E-state index < -0.39 is 0 Å². The lowest BCUT2D eigenvalue weighted by molar-refractivity contribution is 0.302. The minimum absolute atomic E-state index is 0.425. The fourth-order valence-corrected chi connectivity index (χ4v) is 3.46. The zero-order valence-corrected chi connectivity index (χ0v) is 14.8. The van der Waals surface area contributed by atoms with Gasteiger partial charge in [-0.1, -0.05) is 23.7 Å². The molecule has 1 fully saturated rings. The van der Waals surface area contributed by atoms with Crippen LogP contribution in [0.1, 0.15) is 29.8 Å². The lowest BCUT2D eigenvalue weighted by Gasteiger charge is -2.12. The first-order valence-corrected chi connectivity index (χ1v) is 8.83. The van der Waals surface area contributed by atoms with Gasteiger partial charge in [-0.2, -0.15) is 0 Å². The minimum atomic E-state index is 0.425. The van der Waals surface area contributed by atoms with Crippen molar-refractivity contribution >= 4 is 22.5 Å². The van der Waals surface area contributed by atoms with E-state index in [1.165, 1.54) is 35.0 Å². The van der Waals surface area contributed by atoms with Crippen molar-refractivity contribution in [1.82, 2.24) is 9.55 Å². The molecule has 3 nitrogen and oxygen atoms in total. The molecule has 0 radical (unpaired) electrons. The Labute approximate surface area is 147 Å². The normalized spacial score (nSPS) is 14.3. The molecule has 4 heteroatoms. The Bertz CT molecular complexity index is 896. The molecule has 1 aliphatic carbocycles. The summed E-state index contributed by atoms with van der Waals surface area (Å²) in [6.07, 6.45) is 4.55. The molecule has 1 saturated carbocycles. The smallest absolute Gasteiger partial charge is 0.138 e. The van der Waals surface area contributed by atoms with Crippen LogP contribution < -0.4 is 4.74 Å². The van der Waals surface area contributed by atoms with E-state index in [0.29, 0.717) is 17.4 Å². The van der Waals surface area contributed by atoms with Gasteiger partial charge in [0.25, 0.3) is 0 Å². The summed E-state index contributed by atoms with van der Waals surface area (Å²) < 4.78 is 8.38. The molecule has 124 valence electrons. The van der Waals surface area contributed by atoms with Crippen molar-refractivity contribution in [2.24, 2.45) is 5.92 Å². The molecule has 0 bridgehead atoms. The van der Waals surface area contributed by atoms with E-state index in [-0.39, 0.29) is 0 Å². The van der Waals surface area contributed by atoms with Crippen LogP contribution >= 0.6 is 11.6 Å². The third-order valence-corrected chi connectivity index (χ3v) is 5.27. The van der Waals surface area contributed by atoms with Crippen molar-refractivity contribution in [3.63, 3.8) is 0 Å². The maximum Gasteiger partial charge on any atom is 0.138 e. The number of nitrogens with zero attached hydrogens (tertiary/aromatic N) is 2. The fourth-order valence-electron chi connectivity index (χ4n) is 3.27. The van der Waals surface area contributed by atoms with Crippen LogP contribution in [0, 0.1) is 19.8 Å². The van der Waals surface area contributed by atoms with E-state index in [4.69, 9.17) is 16.3 Å². The summed E-state index contributed by atoms with van der Waals surface area (Å²) in [5, 5.41) is 1.91. The number of aryl methyl sites for hydroxylation is 1. The zero-order chi connectivity index (χ0) is 16.7. The van der Waals surface area contributed by atoms with Gasteiger partial charge in [0.05, 0.1) is 10.5 Å². The Balaban J connectivity index is 1.72. The van der Waals surface area contributed by atoms with Crippen LogP contribution in [0.15, 0.2) is 36.5 Å². The Morgan fingerprint density at radius 2 is 2.00 bits per heavy atom. The number of halogens is 1. The summed E-state index contributed by atoms with van der Waals surface area (Å²) in [5.41, 5.74) is 4.87. The SMILES string of the molecule is Cc1c(C)n(CC2CC2)c2c(COc3ccccc3Cl)nccc12. The molecular formula is C20H21ClN2O. The number of benzene rings is 1. The molecule has 1 aromatic carbocycles. The summed E-state index contributed by atoms with van der Waals surface area (Å²) >= 11 is 6.20. The van der Waals surface area contributed by atoms with Gasteiger partial charge in [-0.25, -0.2) is 0 Å². The molecule has 0 N–H and O–H groups in total. The van der Waals surface area contributed by atoms with Gasteiger partial charge < -0.3 is 9.30 Å². The highest BCUT2D eigenvalue weighted by atomic mass is 35.5. The molecule has 4 rings (SSSR count). The van der Waals surface area contributed by atoms with Crippen molar-refractivity contribution < 1.29 is 4.74 Å². The summed E-state index contributed by atoms with van der Waals surface area (Å²) in [6.45, 7) is 5.91. The maximum absolute atomic E-state index is 6.20. The molecule has 0 spiro atoms. The Morgan fingerprint density at radius 3 is 2.75 bits per heavy atom.